The van der Waals surface area contributed by atoms with E-state index in [0.717, 1.165) is 6.42 Å². The summed E-state index contributed by atoms with van der Waals surface area (Å²) >= 11 is 0. The van der Waals surface area contributed by atoms with Crippen molar-refractivity contribution in [3.8, 4) is 0 Å². The van der Waals surface area contributed by atoms with Gasteiger partial charge in [0, 0.05) is 0 Å². The molecule has 28 heavy (non-hydrogen) atoms. The fraction of sp³-hybridized carbons (Fsp3) is 0.850. The summed E-state index contributed by atoms with van der Waals surface area (Å²) in [6.45, 7) is 11.3. The lowest BCUT2D eigenvalue weighted by Crippen LogP contribution is -2.55. The highest BCUT2D eigenvalue weighted by Gasteiger charge is 2.66. The Morgan fingerprint density at radius 1 is 1.14 bits per heavy atom. The first-order valence-electron chi connectivity index (χ1n) is 9.80. The Bertz CT molecular complexity index is 613. The van der Waals surface area contributed by atoms with E-state index in [1.165, 1.54) is 0 Å². The molecule has 3 aliphatic rings. The monoisotopic (exact) mass is 400 g/mol. The van der Waals surface area contributed by atoms with Gasteiger partial charge in [-0.3, -0.25) is 0 Å². The standard InChI is InChI=1S/C20H32O8/c1-12(2)8-7-9-20(24-11-14(21)22)15(13-10-23-18(3,4)26-13)25-17-16(20)27-19(5,6)28-17/h7,9,12-13,15-17H,8,10-11H2,1-6H3,(H,21,22)/b9-7+/t13-,15-,16+,17-,20-/m1/s1. The van der Waals surface area contributed by atoms with Gasteiger partial charge in [-0.05, 0) is 40.0 Å². The summed E-state index contributed by atoms with van der Waals surface area (Å²) in [5.41, 5.74) is -1.17. The highest BCUT2D eigenvalue weighted by molar-refractivity contribution is 5.68. The van der Waals surface area contributed by atoms with Crippen LogP contribution in [0, 0.1) is 5.92 Å². The van der Waals surface area contributed by atoms with Crippen LogP contribution in [-0.2, 0) is 33.2 Å². The quantitative estimate of drug-likeness (QED) is 0.652. The largest absolute Gasteiger partial charge is 0.480 e. The number of rotatable bonds is 7. The minimum absolute atomic E-state index is 0.302. The number of carbonyl (C=O) groups is 1. The molecule has 0 unspecified atom stereocenters. The topological polar surface area (TPSA) is 92.7 Å². The van der Waals surface area contributed by atoms with Gasteiger partial charge in [0.1, 0.15) is 30.5 Å². The minimum atomic E-state index is -1.17. The third kappa shape index (κ3) is 4.42. The third-order valence-electron chi connectivity index (χ3n) is 5.03. The molecular weight excluding hydrogens is 368 g/mol. The Balaban J connectivity index is 1.96. The molecule has 3 fully saturated rings. The molecule has 0 spiro atoms. The summed E-state index contributed by atoms with van der Waals surface area (Å²) in [5.74, 6) is -2.25. The molecule has 3 saturated heterocycles. The molecule has 5 atom stereocenters. The van der Waals surface area contributed by atoms with Gasteiger partial charge in [-0.15, -0.1) is 0 Å². The zero-order valence-electron chi connectivity index (χ0n) is 17.5. The molecule has 0 aliphatic carbocycles. The summed E-state index contributed by atoms with van der Waals surface area (Å²) in [5, 5.41) is 9.26. The van der Waals surface area contributed by atoms with Crippen LogP contribution in [0.3, 0.4) is 0 Å². The Labute approximate surface area is 166 Å². The maximum Gasteiger partial charge on any atom is 0.329 e. The lowest BCUT2D eigenvalue weighted by molar-refractivity contribution is -0.247. The molecule has 8 heteroatoms. The van der Waals surface area contributed by atoms with Gasteiger partial charge >= 0.3 is 5.97 Å². The molecule has 0 aromatic rings. The molecule has 0 bridgehead atoms. The van der Waals surface area contributed by atoms with Crippen LogP contribution >= 0.6 is 0 Å². The first kappa shape index (κ1) is 21.7. The Morgan fingerprint density at radius 2 is 1.86 bits per heavy atom. The number of aliphatic carboxylic acids is 1. The van der Waals surface area contributed by atoms with Gasteiger partial charge in [-0.1, -0.05) is 26.0 Å². The van der Waals surface area contributed by atoms with E-state index in [-0.39, 0.29) is 0 Å². The van der Waals surface area contributed by atoms with Crippen molar-refractivity contribution in [2.24, 2.45) is 5.92 Å². The normalized spacial score (nSPS) is 39.1. The van der Waals surface area contributed by atoms with E-state index in [1.54, 1.807) is 13.8 Å². The maximum atomic E-state index is 11.3. The Morgan fingerprint density at radius 3 is 2.43 bits per heavy atom. The van der Waals surface area contributed by atoms with Crippen molar-refractivity contribution in [3.63, 3.8) is 0 Å². The number of carboxylic acids is 1. The lowest BCUT2D eigenvalue weighted by Gasteiger charge is -2.37. The zero-order chi connectivity index (χ0) is 20.7. The van der Waals surface area contributed by atoms with E-state index < -0.39 is 54.4 Å². The number of fused-ring (bicyclic) bond motifs is 1. The molecule has 3 heterocycles. The van der Waals surface area contributed by atoms with E-state index >= 15 is 0 Å². The van der Waals surface area contributed by atoms with Crippen molar-refractivity contribution < 1.29 is 38.3 Å². The molecule has 8 nitrogen and oxygen atoms in total. The number of hydrogen-bond acceptors (Lipinski definition) is 7. The van der Waals surface area contributed by atoms with E-state index in [9.17, 15) is 9.90 Å². The lowest BCUT2D eigenvalue weighted by atomic mass is 9.87. The molecule has 0 amide bonds. The molecule has 160 valence electrons. The van der Waals surface area contributed by atoms with Crippen LogP contribution in [0.5, 0.6) is 0 Å². The van der Waals surface area contributed by atoms with Gasteiger partial charge in [0.2, 0.25) is 0 Å². The van der Waals surface area contributed by atoms with Crippen molar-refractivity contribution in [2.45, 2.75) is 89.7 Å². The predicted molar refractivity (Wildman–Crippen MR) is 98.5 cm³/mol. The van der Waals surface area contributed by atoms with Crippen LogP contribution in [0.25, 0.3) is 0 Å². The summed E-state index contributed by atoms with van der Waals surface area (Å²) in [4.78, 5) is 11.3. The van der Waals surface area contributed by atoms with Crippen LogP contribution in [0.4, 0.5) is 0 Å². The van der Waals surface area contributed by atoms with Gasteiger partial charge in [-0.25, -0.2) is 4.79 Å². The molecule has 0 radical (unpaired) electrons. The van der Waals surface area contributed by atoms with Gasteiger partial charge in [-0.2, -0.15) is 0 Å². The molecular formula is C20H32O8. The molecule has 3 aliphatic heterocycles. The Hall–Kier alpha value is -1.03. The highest BCUT2D eigenvalue weighted by Crippen LogP contribution is 2.48. The van der Waals surface area contributed by atoms with Crippen LogP contribution < -0.4 is 0 Å². The zero-order valence-corrected chi connectivity index (χ0v) is 17.5. The fourth-order valence-electron chi connectivity index (χ4n) is 3.90. The molecule has 3 rings (SSSR count). The smallest absolute Gasteiger partial charge is 0.329 e. The Kier molecular flexibility index (Phi) is 5.93. The van der Waals surface area contributed by atoms with Crippen LogP contribution in [0.2, 0.25) is 0 Å². The SMILES string of the molecule is CC(C)C/C=C/[C@@]1(OCC(=O)O)[C@@H]([C@H]2COC(C)(C)O2)O[C@@H]2OC(C)(C)O[C@@H]21. The van der Waals surface area contributed by atoms with E-state index in [1.807, 2.05) is 26.0 Å². The summed E-state index contributed by atoms with van der Waals surface area (Å²) in [7, 11) is 0. The predicted octanol–water partition coefficient (Wildman–Crippen LogP) is 2.46. The fourth-order valence-corrected chi connectivity index (χ4v) is 3.90. The number of carboxylic acid groups (broad SMARTS) is 1. The van der Waals surface area contributed by atoms with Crippen molar-refractivity contribution >= 4 is 5.97 Å². The number of allylic oxidation sites excluding steroid dienone is 1. The van der Waals surface area contributed by atoms with E-state index in [4.69, 9.17) is 28.4 Å². The average molecular weight is 400 g/mol. The van der Waals surface area contributed by atoms with Crippen molar-refractivity contribution in [1.82, 2.24) is 0 Å². The molecule has 1 N–H and O–H groups in total. The number of hydrogen-bond donors (Lipinski definition) is 1. The van der Waals surface area contributed by atoms with Gasteiger partial charge < -0.3 is 33.5 Å². The van der Waals surface area contributed by atoms with Gasteiger partial charge in [0.05, 0.1) is 6.61 Å². The summed E-state index contributed by atoms with van der Waals surface area (Å²) in [6, 6.07) is 0. The second-order valence-electron chi connectivity index (χ2n) is 8.92. The molecule has 0 saturated carbocycles. The average Bonchev–Trinajstić information content (AvgIpc) is 3.14. The van der Waals surface area contributed by atoms with Crippen molar-refractivity contribution in [1.29, 1.82) is 0 Å². The second kappa shape index (κ2) is 7.66. The molecule has 0 aromatic carbocycles. The third-order valence-corrected chi connectivity index (χ3v) is 5.03. The second-order valence-corrected chi connectivity index (χ2v) is 8.92. The molecule has 0 aromatic heterocycles. The first-order valence-corrected chi connectivity index (χ1v) is 9.80. The minimum Gasteiger partial charge on any atom is -0.480 e. The van der Waals surface area contributed by atoms with E-state index in [2.05, 4.69) is 13.8 Å². The summed E-state index contributed by atoms with van der Waals surface area (Å²) in [6.07, 6.45) is 2.26. The van der Waals surface area contributed by atoms with Crippen LogP contribution in [-0.4, -0.2) is 66.1 Å². The van der Waals surface area contributed by atoms with Crippen molar-refractivity contribution in [3.05, 3.63) is 12.2 Å². The highest BCUT2D eigenvalue weighted by atomic mass is 16.9. The number of ether oxygens (including phenoxy) is 6. The van der Waals surface area contributed by atoms with Crippen molar-refractivity contribution in [2.75, 3.05) is 13.2 Å². The van der Waals surface area contributed by atoms with Crippen LogP contribution in [0.1, 0.15) is 48.0 Å². The van der Waals surface area contributed by atoms with Crippen LogP contribution in [0.15, 0.2) is 12.2 Å². The van der Waals surface area contributed by atoms with Gasteiger partial charge in [0.25, 0.3) is 0 Å². The van der Waals surface area contributed by atoms with Gasteiger partial charge in [0.15, 0.2) is 17.9 Å². The first-order chi connectivity index (χ1) is 12.9. The summed E-state index contributed by atoms with van der Waals surface area (Å²) < 4.78 is 35.9. The maximum absolute atomic E-state index is 11.3. The van der Waals surface area contributed by atoms with E-state index in [0.29, 0.717) is 12.5 Å².